The molecule has 86 valence electrons. The van der Waals surface area contributed by atoms with Crippen molar-refractivity contribution in [1.82, 2.24) is 0 Å². The van der Waals surface area contributed by atoms with Crippen molar-refractivity contribution in [2.75, 3.05) is 6.61 Å². The molecular formula is C13H16O3. The smallest absolute Gasteiger partial charge is 0.196 e. The number of carbonyl (C=O) groups excluding carboxylic acids is 1. The topological polar surface area (TPSA) is 57.5 Å². The van der Waals surface area contributed by atoms with Gasteiger partial charge in [0.15, 0.2) is 5.78 Å². The lowest BCUT2D eigenvalue weighted by atomic mass is 9.94. The molecule has 0 radical (unpaired) electrons. The van der Waals surface area contributed by atoms with Crippen LogP contribution in [0.2, 0.25) is 0 Å². The van der Waals surface area contributed by atoms with Gasteiger partial charge in [-0.3, -0.25) is 4.79 Å². The van der Waals surface area contributed by atoms with Gasteiger partial charge in [-0.05, 0) is 19.4 Å². The van der Waals surface area contributed by atoms with Gasteiger partial charge in [0, 0.05) is 5.56 Å². The normalized spacial score (nSPS) is 14.2. The minimum absolute atomic E-state index is 0.379. The van der Waals surface area contributed by atoms with Crippen molar-refractivity contribution < 1.29 is 15.0 Å². The monoisotopic (exact) mass is 220 g/mol. The van der Waals surface area contributed by atoms with E-state index in [4.69, 9.17) is 5.11 Å². The second-order valence-corrected chi connectivity index (χ2v) is 4.12. The average molecular weight is 220 g/mol. The van der Waals surface area contributed by atoms with Gasteiger partial charge in [-0.1, -0.05) is 36.4 Å². The van der Waals surface area contributed by atoms with Crippen LogP contribution >= 0.6 is 0 Å². The van der Waals surface area contributed by atoms with Gasteiger partial charge in [-0.15, -0.1) is 0 Å². The third kappa shape index (κ3) is 2.56. The second kappa shape index (κ2) is 4.60. The van der Waals surface area contributed by atoms with E-state index in [1.54, 1.807) is 24.3 Å². The van der Waals surface area contributed by atoms with E-state index in [0.29, 0.717) is 5.56 Å². The van der Waals surface area contributed by atoms with Crippen molar-refractivity contribution in [2.24, 2.45) is 0 Å². The number of allylic oxidation sites excluding steroid dienone is 1. The molecule has 0 aliphatic carbocycles. The molecule has 0 aliphatic heterocycles. The molecule has 0 aliphatic rings. The van der Waals surface area contributed by atoms with Crippen molar-refractivity contribution in [3.8, 4) is 0 Å². The molecule has 0 heterocycles. The Labute approximate surface area is 95.0 Å². The first kappa shape index (κ1) is 12.6. The third-order valence-electron chi connectivity index (χ3n) is 2.44. The maximum atomic E-state index is 11.7. The summed E-state index contributed by atoms with van der Waals surface area (Å²) >= 11 is 0. The number of carbonyl (C=O) groups is 1. The lowest BCUT2D eigenvalue weighted by Crippen LogP contribution is -2.38. The number of hydrogen-bond donors (Lipinski definition) is 2. The SMILES string of the molecule is C=C(C)c1ccc(C(=O)C(C)(O)CO)cc1. The quantitative estimate of drug-likeness (QED) is 0.758. The minimum Gasteiger partial charge on any atom is -0.393 e. The van der Waals surface area contributed by atoms with Gasteiger partial charge >= 0.3 is 0 Å². The summed E-state index contributed by atoms with van der Waals surface area (Å²) in [6.07, 6.45) is 0. The number of hydrogen-bond acceptors (Lipinski definition) is 3. The van der Waals surface area contributed by atoms with Crippen LogP contribution in [-0.2, 0) is 0 Å². The van der Waals surface area contributed by atoms with Crippen LogP contribution in [0, 0.1) is 0 Å². The summed E-state index contributed by atoms with van der Waals surface area (Å²) < 4.78 is 0. The van der Waals surface area contributed by atoms with Crippen molar-refractivity contribution in [1.29, 1.82) is 0 Å². The van der Waals surface area contributed by atoms with Crippen LogP contribution in [0.1, 0.15) is 29.8 Å². The van der Waals surface area contributed by atoms with Crippen molar-refractivity contribution in [2.45, 2.75) is 19.4 Å². The van der Waals surface area contributed by atoms with Crippen LogP contribution in [0.15, 0.2) is 30.8 Å². The zero-order valence-electron chi connectivity index (χ0n) is 9.53. The standard InChI is InChI=1S/C13H16O3/c1-9(2)10-4-6-11(7-5-10)12(15)13(3,16)8-14/h4-7,14,16H,1,8H2,2-3H3. The van der Waals surface area contributed by atoms with Crippen LogP contribution in [0.3, 0.4) is 0 Å². The molecule has 0 aromatic heterocycles. The lowest BCUT2D eigenvalue weighted by Gasteiger charge is -2.18. The first-order chi connectivity index (χ1) is 7.38. The molecule has 0 fully saturated rings. The van der Waals surface area contributed by atoms with Gasteiger partial charge in [0.2, 0.25) is 0 Å². The van der Waals surface area contributed by atoms with Crippen molar-refractivity contribution >= 4 is 11.4 Å². The Balaban J connectivity index is 2.99. The van der Waals surface area contributed by atoms with E-state index in [2.05, 4.69) is 6.58 Å². The predicted octanol–water partition coefficient (Wildman–Crippen LogP) is 1.65. The molecule has 0 spiro atoms. The maximum absolute atomic E-state index is 11.7. The molecule has 1 aromatic rings. The fourth-order valence-corrected chi connectivity index (χ4v) is 1.29. The molecule has 16 heavy (non-hydrogen) atoms. The largest absolute Gasteiger partial charge is 0.393 e. The predicted molar refractivity (Wildman–Crippen MR) is 63.2 cm³/mol. The number of Topliss-reactive ketones (excluding diaryl/α,β-unsaturated/α-hetero) is 1. The molecule has 1 unspecified atom stereocenters. The van der Waals surface area contributed by atoms with Crippen molar-refractivity contribution in [3.05, 3.63) is 42.0 Å². The maximum Gasteiger partial charge on any atom is 0.196 e. The fraction of sp³-hybridized carbons (Fsp3) is 0.308. The van der Waals surface area contributed by atoms with E-state index in [0.717, 1.165) is 11.1 Å². The summed E-state index contributed by atoms with van der Waals surface area (Å²) in [6, 6.07) is 6.78. The number of aliphatic hydroxyl groups excluding tert-OH is 1. The van der Waals surface area contributed by atoms with E-state index >= 15 is 0 Å². The van der Waals surface area contributed by atoms with Crippen LogP contribution < -0.4 is 0 Å². The zero-order valence-corrected chi connectivity index (χ0v) is 9.53. The summed E-state index contributed by atoms with van der Waals surface area (Å²) in [5, 5.41) is 18.5. The minimum atomic E-state index is -1.72. The second-order valence-electron chi connectivity index (χ2n) is 4.12. The Morgan fingerprint density at radius 2 is 1.75 bits per heavy atom. The summed E-state index contributed by atoms with van der Waals surface area (Å²) in [5.74, 6) is -0.483. The number of rotatable bonds is 4. The van der Waals surface area contributed by atoms with Gasteiger partial charge in [0.05, 0.1) is 6.61 Å². The summed E-state index contributed by atoms with van der Waals surface area (Å²) in [4.78, 5) is 11.7. The Kier molecular flexibility index (Phi) is 3.62. The van der Waals surface area contributed by atoms with Gasteiger partial charge < -0.3 is 10.2 Å². The summed E-state index contributed by atoms with van der Waals surface area (Å²) in [6.45, 7) is 6.37. The van der Waals surface area contributed by atoms with E-state index in [-0.39, 0.29) is 0 Å². The first-order valence-electron chi connectivity index (χ1n) is 5.02. The molecule has 1 aromatic carbocycles. The molecular weight excluding hydrogens is 204 g/mol. The highest BCUT2D eigenvalue weighted by molar-refractivity contribution is 6.02. The van der Waals surface area contributed by atoms with Gasteiger partial charge in [0.25, 0.3) is 0 Å². The number of ketones is 1. The average Bonchev–Trinajstić information content (AvgIpc) is 2.28. The highest BCUT2D eigenvalue weighted by atomic mass is 16.3. The van der Waals surface area contributed by atoms with Crippen LogP contribution in [-0.4, -0.2) is 28.2 Å². The van der Waals surface area contributed by atoms with Crippen LogP contribution in [0.5, 0.6) is 0 Å². The lowest BCUT2D eigenvalue weighted by molar-refractivity contribution is 0.00991. The van der Waals surface area contributed by atoms with E-state index in [9.17, 15) is 9.90 Å². The van der Waals surface area contributed by atoms with Gasteiger partial charge in [-0.25, -0.2) is 0 Å². The van der Waals surface area contributed by atoms with E-state index in [1.165, 1.54) is 6.92 Å². The van der Waals surface area contributed by atoms with Crippen LogP contribution in [0.25, 0.3) is 5.57 Å². The Hall–Kier alpha value is -1.45. The summed E-state index contributed by atoms with van der Waals surface area (Å²) in [5.41, 5.74) is 0.516. The molecule has 1 rings (SSSR count). The van der Waals surface area contributed by atoms with E-state index < -0.39 is 18.0 Å². The highest BCUT2D eigenvalue weighted by Crippen LogP contribution is 2.16. The molecule has 0 saturated heterocycles. The molecule has 2 N–H and O–H groups in total. The number of aliphatic hydroxyl groups is 2. The molecule has 1 atom stereocenters. The fourth-order valence-electron chi connectivity index (χ4n) is 1.29. The molecule has 0 amide bonds. The van der Waals surface area contributed by atoms with Crippen LogP contribution in [0.4, 0.5) is 0 Å². The Morgan fingerprint density at radius 3 is 2.12 bits per heavy atom. The van der Waals surface area contributed by atoms with Crippen molar-refractivity contribution in [3.63, 3.8) is 0 Å². The van der Waals surface area contributed by atoms with E-state index in [1.807, 2.05) is 6.92 Å². The molecule has 0 saturated carbocycles. The van der Waals surface area contributed by atoms with Gasteiger partial charge in [-0.2, -0.15) is 0 Å². The Bertz CT molecular complexity index is 402. The van der Waals surface area contributed by atoms with Gasteiger partial charge in [0.1, 0.15) is 5.60 Å². The third-order valence-corrected chi connectivity index (χ3v) is 2.44. The number of benzene rings is 1. The molecule has 0 bridgehead atoms. The highest BCUT2D eigenvalue weighted by Gasteiger charge is 2.30. The molecule has 3 nitrogen and oxygen atoms in total. The Morgan fingerprint density at radius 1 is 1.31 bits per heavy atom. The zero-order chi connectivity index (χ0) is 12.3. The summed E-state index contributed by atoms with van der Waals surface area (Å²) in [7, 11) is 0. The first-order valence-corrected chi connectivity index (χ1v) is 5.02. The molecule has 3 heteroatoms.